The minimum Gasteiger partial charge on any atom is -0.469 e. The summed E-state index contributed by atoms with van der Waals surface area (Å²) >= 11 is 0. The van der Waals surface area contributed by atoms with Gasteiger partial charge in [-0.15, -0.1) is 0 Å². The van der Waals surface area contributed by atoms with Crippen LogP contribution in [0.4, 0.5) is 0 Å². The summed E-state index contributed by atoms with van der Waals surface area (Å²) in [5.74, 6) is 0.680. The van der Waals surface area contributed by atoms with Gasteiger partial charge in [-0.2, -0.15) is 0 Å². The number of hydrogen-bond acceptors (Lipinski definition) is 3. The van der Waals surface area contributed by atoms with E-state index in [2.05, 4.69) is 0 Å². The lowest BCUT2D eigenvalue weighted by molar-refractivity contribution is -0.144. The molecule has 0 amide bonds. The van der Waals surface area contributed by atoms with Gasteiger partial charge in [0.2, 0.25) is 0 Å². The fourth-order valence-corrected chi connectivity index (χ4v) is 1.23. The van der Waals surface area contributed by atoms with Crippen LogP contribution in [0.2, 0.25) is 0 Å². The Bertz CT molecular complexity index is 285. The molecule has 3 nitrogen and oxygen atoms in total. The van der Waals surface area contributed by atoms with Crippen molar-refractivity contribution in [2.75, 3.05) is 6.61 Å². The molecule has 0 aromatic carbocycles. The summed E-state index contributed by atoms with van der Waals surface area (Å²) in [7, 11) is 0. The van der Waals surface area contributed by atoms with Crippen LogP contribution in [0.5, 0.6) is 0 Å². The number of rotatable bonds is 4. The van der Waals surface area contributed by atoms with Gasteiger partial charge in [-0.3, -0.25) is 4.79 Å². The summed E-state index contributed by atoms with van der Waals surface area (Å²) < 4.78 is 10.2. The van der Waals surface area contributed by atoms with Gasteiger partial charge in [-0.05, 0) is 12.1 Å². The third kappa shape index (κ3) is 3.64. The van der Waals surface area contributed by atoms with E-state index in [1.54, 1.807) is 6.26 Å². The third-order valence-corrected chi connectivity index (χ3v) is 1.90. The van der Waals surface area contributed by atoms with E-state index in [0.29, 0.717) is 6.61 Å². The summed E-state index contributed by atoms with van der Waals surface area (Å²) in [5, 5.41) is 0. The monoisotopic (exact) mass is 196 g/mol. The van der Waals surface area contributed by atoms with E-state index in [0.717, 1.165) is 12.2 Å². The first-order chi connectivity index (χ1) is 6.49. The highest BCUT2D eigenvalue weighted by Crippen LogP contribution is 2.22. The molecule has 0 radical (unpaired) electrons. The molecule has 0 N–H and O–H groups in total. The largest absolute Gasteiger partial charge is 0.469 e. The molecule has 0 saturated carbocycles. The summed E-state index contributed by atoms with van der Waals surface area (Å²) in [6, 6.07) is 3.78. The van der Waals surface area contributed by atoms with Gasteiger partial charge in [0, 0.05) is 18.8 Å². The van der Waals surface area contributed by atoms with E-state index in [4.69, 9.17) is 9.15 Å². The van der Waals surface area contributed by atoms with E-state index in [9.17, 15) is 4.79 Å². The zero-order valence-electron chi connectivity index (χ0n) is 8.87. The van der Waals surface area contributed by atoms with E-state index >= 15 is 0 Å². The Labute approximate surface area is 84.1 Å². The maximum absolute atomic E-state index is 10.6. The van der Waals surface area contributed by atoms with E-state index < -0.39 is 0 Å². The first-order valence-corrected chi connectivity index (χ1v) is 4.65. The second-order valence-corrected chi connectivity index (χ2v) is 4.20. The van der Waals surface area contributed by atoms with Crippen molar-refractivity contribution in [3.05, 3.63) is 24.2 Å². The van der Waals surface area contributed by atoms with Crippen molar-refractivity contribution >= 4 is 5.97 Å². The Morgan fingerprint density at radius 1 is 1.57 bits per heavy atom. The highest BCUT2D eigenvalue weighted by molar-refractivity contribution is 5.65. The average Bonchev–Trinajstić information content (AvgIpc) is 2.53. The van der Waals surface area contributed by atoms with Crippen LogP contribution in [0.15, 0.2) is 22.8 Å². The number of ether oxygens (including phenoxy) is 1. The van der Waals surface area contributed by atoms with Crippen molar-refractivity contribution in [2.24, 2.45) is 5.41 Å². The molecule has 0 saturated heterocycles. The van der Waals surface area contributed by atoms with Crippen LogP contribution in [0.25, 0.3) is 0 Å². The molecule has 0 fully saturated rings. The van der Waals surface area contributed by atoms with Crippen LogP contribution in [0.1, 0.15) is 26.5 Å². The number of furan rings is 1. The smallest absolute Gasteiger partial charge is 0.302 e. The van der Waals surface area contributed by atoms with Gasteiger partial charge in [-0.25, -0.2) is 0 Å². The highest BCUT2D eigenvalue weighted by Gasteiger charge is 2.21. The van der Waals surface area contributed by atoms with Crippen molar-refractivity contribution in [3.63, 3.8) is 0 Å². The molecule has 0 spiro atoms. The van der Waals surface area contributed by atoms with Gasteiger partial charge >= 0.3 is 5.97 Å². The Kier molecular flexibility index (Phi) is 3.33. The zero-order valence-corrected chi connectivity index (χ0v) is 8.87. The molecule has 1 heterocycles. The van der Waals surface area contributed by atoms with Crippen LogP contribution in [0.3, 0.4) is 0 Å². The Balaban J connectivity index is 2.45. The maximum Gasteiger partial charge on any atom is 0.302 e. The van der Waals surface area contributed by atoms with Crippen molar-refractivity contribution in [1.29, 1.82) is 0 Å². The lowest BCUT2D eigenvalue weighted by atomic mass is 9.89. The Morgan fingerprint density at radius 3 is 2.79 bits per heavy atom. The topological polar surface area (TPSA) is 39.4 Å². The predicted molar refractivity (Wildman–Crippen MR) is 52.8 cm³/mol. The molecule has 1 aromatic heterocycles. The second-order valence-electron chi connectivity index (χ2n) is 4.20. The lowest BCUT2D eigenvalue weighted by Gasteiger charge is -2.22. The van der Waals surface area contributed by atoms with Crippen molar-refractivity contribution in [2.45, 2.75) is 27.2 Å². The van der Waals surface area contributed by atoms with Crippen molar-refractivity contribution in [3.8, 4) is 0 Å². The lowest BCUT2D eigenvalue weighted by Crippen LogP contribution is -2.23. The van der Waals surface area contributed by atoms with Crippen molar-refractivity contribution in [1.82, 2.24) is 0 Å². The first-order valence-electron chi connectivity index (χ1n) is 4.65. The van der Waals surface area contributed by atoms with Gasteiger partial charge in [0.05, 0.1) is 12.9 Å². The normalized spacial score (nSPS) is 11.4. The molecular formula is C11H16O3. The van der Waals surface area contributed by atoms with Crippen LogP contribution >= 0.6 is 0 Å². The number of carbonyl (C=O) groups excluding carboxylic acids is 1. The number of carbonyl (C=O) groups is 1. The predicted octanol–water partition coefficient (Wildman–Crippen LogP) is 2.41. The third-order valence-electron chi connectivity index (χ3n) is 1.90. The van der Waals surface area contributed by atoms with Crippen LogP contribution in [0, 0.1) is 5.41 Å². The van der Waals surface area contributed by atoms with E-state index in [-0.39, 0.29) is 11.4 Å². The van der Waals surface area contributed by atoms with E-state index in [1.807, 2.05) is 26.0 Å². The van der Waals surface area contributed by atoms with Gasteiger partial charge in [0.1, 0.15) is 5.76 Å². The SMILES string of the molecule is CC(=O)OCC(C)(C)Cc1ccco1. The zero-order chi connectivity index (χ0) is 10.6. The maximum atomic E-state index is 10.6. The quantitative estimate of drug-likeness (QED) is 0.694. The highest BCUT2D eigenvalue weighted by atomic mass is 16.5. The standard InChI is InChI=1S/C11H16O3/c1-9(12)14-8-11(2,3)7-10-5-4-6-13-10/h4-6H,7-8H2,1-3H3. The van der Waals surface area contributed by atoms with Gasteiger partial charge in [-0.1, -0.05) is 13.8 Å². The molecule has 3 heteroatoms. The molecular weight excluding hydrogens is 180 g/mol. The Morgan fingerprint density at radius 2 is 2.29 bits per heavy atom. The second kappa shape index (κ2) is 4.31. The fourth-order valence-electron chi connectivity index (χ4n) is 1.23. The summed E-state index contributed by atoms with van der Waals surface area (Å²) in [5.41, 5.74) is -0.0798. The molecule has 0 atom stereocenters. The number of esters is 1. The fraction of sp³-hybridized carbons (Fsp3) is 0.545. The average molecular weight is 196 g/mol. The van der Waals surface area contributed by atoms with Gasteiger partial charge in [0.25, 0.3) is 0 Å². The van der Waals surface area contributed by atoms with Crippen LogP contribution in [-0.2, 0) is 16.0 Å². The minimum absolute atomic E-state index is 0.0798. The molecule has 0 aliphatic carbocycles. The van der Waals surface area contributed by atoms with Gasteiger partial charge in [0.15, 0.2) is 0 Å². The molecule has 78 valence electrons. The molecule has 1 rings (SSSR count). The van der Waals surface area contributed by atoms with E-state index in [1.165, 1.54) is 6.92 Å². The summed E-state index contributed by atoms with van der Waals surface area (Å²) in [6.45, 7) is 5.92. The summed E-state index contributed by atoms with van der Waals surface area (Å²) in [6.07, 6.45) is 2.42. The summed E-state index contributed by atoms with van der Waals surface area (Å²) in [4.78, 5) is 10.6. The van der Waals surface area contributed by atoms with Gasteiger partial charge < -0.3 is 9.15 Å². The molecule has 0 bridgehead atoms. The van der Waals surface area contributed by atoms with Crippen LogP contribution < -0.4 is 0 Å². The first kappa shape index (κ1) is 10.8. The Hall–Kier alpha value is -1.25. The molecule has 0 aliphatic rings. The molecule has 14 heavy (non-hydrogen) atoms. The number of hydrogen-bond donors (Lipinski definition) is 0. The molecule has 1 aromatic rings. The minimum atomic E-state index is -0.238. The van der Waals surface area contributed by atoms with Crippen LogP contribution in [-0.4, -0.2) is 12.6 Å². The molecule has 0 aliphatic heterocycles. The van der Waals surface area contributed by atoms with Crippen molar-refractivity contribution < 1.29 is 13.9 Å². The molecule has 0 unspecified atom stereocenters.